The van der Waals surface area contributed by atoms with E-state index in [1.54, 1.807) is 18.2 Å². The molecule has 0 spiro atoms. The van der Waals surface area contributed by atoms with Crippen LogP contribution in [0.15, 0.2) is 29.4 Å². The van der Waals surface area contributed by atoms with Crippen molar-refractivity contribution in [3.63, 3.8) is 0 Å². The molecule has 0 radical (unpaired) electrons. The van der Waals surface area contributed by atoms with Crippen molar-refractivity contribution >= 4 is 5.84 Å². The van der Waals surface area contributed by atoms with Crippen LogP contribution >= 0.6 is 0 Å². The lowest BCUT2D eigenvalue weighted by Crippen LogP contribution is -2.15. The molecule has 0 saturated carbocycles. The molecule has 1 aromatic rings. The Labute approximate surface area is 101 Å². The maximum Gasteiger partial charge on any atom is 0.173 e. The Morgan fingerprint density at radius 1 is 1.35 bits per heavy atom. The van der Waals surface area contributed by atoms with E-state index in [1.165, 1.54) is 0 Å². The summed E-state index contributed by atoms with van der Waals surface area (Å²) in [5, 5.41) is 11.6. The number of ether oxygens (including phenoxy) is 2. The molecule has 5 nitrogen and oxygen atoms in total. The van der Waals surface area contributed by atoms with Gasteiger partial charge in [0.05, 0.1) is 12.2 Å². The Morgan fingerprint density at radius 3 is 2.82 bits per heavy atom. The molecule has 1 rings (SSSR count). The Hall–Kier alpha value is -1.75. The zero-order valence-electron chi connectivity index (χ0n) is 9.93. The van der Waals surface area contributed by atoms with E-state index in [2.05, 4.69) is 5.16 Å². The summed E-state index contributed by atoms with van der Waals surface area (Å²) in [6.07, 6.45) is 0.804. The first-order chi connectivity index (χ1) is 8.29. The second-order valence-electron chi connectivity index (χ2n) is 3.38. The molecular formula is C12H18N2O3. The van der Waals surface area contributed by atoms with E-state index in [0.29, 0.717) is 31.1 Å². The first-order valence-corrected chi connectivity index (χ1v) is 5.57. The summed E-state index contributed by atoms with van der Waals surface area (Å²) in [6, 6.07) is 7.17. The van der Waals surface area contributed by atoms with Crippen LogP contribution in [-0.4, -0.2) is 30.9 Å². The molecule has 0 amide bonds. The first-order valence-electron chi connectivity index (χ1n) is 5.57. The fourth-order valence-electron chi connectivity index (χ4n) is 1.35. The molecule has 3 N–H and O–H groups in total. The molecule has 0 aliphatic rings. The largest absolute Gasteiger partial charge is 0.493 e. The minimum absolute atomic E-state index is 0.0467. The number of hydrogen-bond acceptors (Lipinski definition) is 4. The van der Waals surface area contributed by atoms with Gasteiger partial charge in [-0.2, -0.15) is 0 Å². The summed E-state index contributed by atoms with van der Waals surface area (Å²) < 4.78 is 10.8. The fourth-order valence-corrected chi connectivity index (χ4v) is 1.35. The Bertz CT molecular complexity index is 367. The molecule has 0 atom stereocenters. The molecule has 1 aromatic carbocycles. The van der Waals surface area contributed by atoms with E-state index in [9.17, 15) is 0 Å². The van der Waals surface area contributed by atoms with E-state index < -0.39 is 0 Å². The third-order valence-corrected chi connectivity index (χ3v) is 2.17. The number of nitrogens with two attached hydrogens (primary N) is 1. The number of rotatable bonds is 7. The van der Waals surface area contributed by atoms with Crippen molar-refractivity contribution in [2.75, 3.05) is 19.8 Å². The predicted octanol–water partition coefficient (Wildman–Crippen LogP) is 1.59. The Kier molecular flexibility index (Phi) is 5.88. The molecule has 0 saturated heterocycles. The minimum Gasteiger partial charge on any atom is -0.493 e. The number of nitrogens with zero attached hydrogens (tertiary/aromatic N) is 1. The van der Waals surface area contributed by atoms with Crippen LogP contribution in [0.1, 0.15) is 18.9 Å². The summed E-state index contributed by atoms with van der Waals surface area (Å²) in [4.78, 5) is 0. The van der Waals surface area contributed by atoms with Gasteiger partial charge in [-0.3, -0.25) is 0 Å². The lowest BCUT2D eigenvalue weighted by molar-refractivity contribution is 0.131. The second-order valence-corrected chi connectivity index (χ2v) is 3.38. The zero-order valence-corrected chi connectivity index (χ0v) is 9.93. The van der Waals surface area contributed by atoms with Gasteiger partial charge in [0.2, 0.25) is 0 Å². The van der Waals surface area contributed by atoms with Crippen molar-refractivity contribution in [3.05, 3.63) is 29.8 Å². The minimum atomic E-state index is 0.0467. The van der Waals surface area contributed by atoms with Crippen LogP contribution in [0, 0.1) is 0 Å². The highest BCUT2D eigenvalue weighted by atomic mass is 16.5. The van der Waals surface area contributed by atoms with Crippen LogP contribution in [0.25, 0.3) is 0 Å². The van der Waals surface area contributed by atoms with Gasteiger partial charge < -0.3 is 20.4 Å². The molecule has 5 heteroatoms. The normalized spacial score (nSPS) is 11.5. The van der Waals surface area contributed by atoms with Gasteiger partial charge in [-0.15, -0.1) is 0 Å². The van der Waals surface area contributed by atoms with E-state index >= 15 is 0 Å². The van der Waals surface area contributed by atoms with Crippen LogP contribution < -0.4 is 10.5 Å². The van der Waals surface area contributed by atoms with Crippen LogP contribution in [-0.2, 0) is 4.74 Å². The monoisotopic (exact) mass is 238 g/mol. The van der Waals surface area contributed by atoms with Gasteiger partial charge in [0.1, 0.15) is 5.75 Å². The van der Waals surface area contributed by atoms with Crippen LogP contribution in [0.4, 0.5) is 0 Å². The molecule has 17 heavy (non-hydrogen) atoms. The number of oxime groups is 1. The summed E-state index contributed by atoms with van der Waals surface area (Å²) in [5.41, 5.74) is 6.13. The molecule has 0 heterocycles. The van der Waals surface area contributed by atoms with Gasteiger partial charge in [0.25, 0.3) is 0 Å². The third-order valence-electron chi connectivity index (χ3n) is 2.17. The van der Waals surface area contributed by atoms with Crippen molar-refractivity contribution in [2.24, 2.45) is 10.9 Å². The van der Waals surface area contributed by atoms with Gasteiger partial charge in [-0.25, -0.2) is 0 Å². The molecule has 0 bridgehead atoms. The van der Waals surface area contributed by atoms with Crippen molar-refractivity contribution < 1.29 is 14.7 Å². The van der Waals surface area contributed by atoms with Gasteiger partial charge in [-0.1, -0.05) is 17.3 Å². The van der Waals surface area contributed by atoms with Crippen molar-refractivity contribution in [3.8, 4) is 5.75 Å². The van der Waals surface area contributed by atoms with E-state index in [0.717, 1.165) is 6.42 Å². The van der Waals surface area contributed by atoms with Crippen molar-refractivity contribution in [1.29, 1.82) is 0 Å². The van der Waals surface area contributed by atoms with Crippen LogP contribution in [0.5, 0.6) is 5.75 Å². The van der Waals surface area contributed by atoms with Gasteiger partial charge >= 0.3 is 0 Å². The van der Waals surface area contributed by atoms with Crippen molar-refractivity contribution in [1.82, 2.24) is 0 Å². The number of para-hydroxylation sites is 1. The maximum atomic E-state index is 8.64. The van der Waals surface area contributed by atoms with E-state index in [1.807, 2.05) is 13.0 Å². The Balaban J connectivity index is 2.53. The fraction of sp³-hybridized carbons (Fsp3) is 0.417. The summed E-state index contributed by atoms with van der Waals surface area (Å²) in [6.45, 7) is 3.87. The number of benzene rings is 1. The van der Waals surface area contributed by atoms with Crippen LogP contribution in [0.2, 0.25) is 0 Å². The lowest BCUT2D eigenvalue weighted by atomic mass is 10.2. The highest BCUT2D eigenvalue weighted by molar-refractivity contribution is 5.99. The molecule has 0 fully saturated rings. The molecule has 0 aliphatic carbocycles. The van der Waals surface area contributed by atoms with Crippen LogP contribution in [0.3, 0.4) is 0 Å². The molecule has 0 aromatic heterocycles. The summed E-state index contributed by atoms with van der Waals surface area (Å²) in [7, 11) is 0. The van der Waals surface area contributed by atoms with E-state index in [4.69, 9.17) is 20.4 Å². The maximum absolute atomic E-state index is 8.64. The zero-order chi connectivity index (χ0) is 12.5. The Morgan fingerprint density at radius 2 is 2.12 bits per heavy atom. The standard InChI is InChI=1S/C12H18N2O3/c1-2-16-8-5-9-17-11-7-4-3-6-10(11)12(13)14-15/h3-4,6-7,15H,2,5,8-9H2,1H3,(H2,13,14). The molecule has 0 unspecified atom stereocenters. The highest BCUT2D eigenvalue weighted by Gasteiger charge is 2.06. The first kappa shape index (κ1) is 13.3. The smallest absolute Gasteiger partial charge is 0.173 e. The number of amidine groups is 1. The number of hydrogen-bond donors (Lipinski definition) is 2. The second kappa shape index (κ2) is 7.51. The third kappa shape index (κ3) is 4.32. The average molecular weight is 238 g/mol. The van der Waals surface area contributed by atoms with Crippen molar-refractivity contribution in [2.45, 2.75) is 13.3 Å². The molecular weight excluding hydrogens is 220 g/mol. The summed E-state index contributed by atoms with van der Waals surface area (Å²) in [5.74, 6) is 0.657. The van der Waals surface area contributed by atoms with Gasteiger partial charge in [-0.05, 0) is 19.1 Å². The highest BCUT2D eigenvalue weighted by Crippen LogP contribution is 2.17. The topological polar surface area (TPSA) is 77.1 Å². The van der Waals surface area contributed by atoms with Gasteiger partial charge in [0.15, 0.2) is 5.84 Å². The SMILES string of the molecule is CCOCCCOc1ccccc1C(N)=NO. The quantitative estimate of drug-likeness (QED) is 0.248. The molecule has 0 aliphatic heterocycles. The van der Waals surface area contributed by atoms with E-state index in [-0.39, 0.29) is 5.84 Å². The lowest BCUT2D eigenvalue weighted by Gasteiger charge is -2.10. The summed E-state index contributed by atoms with van der Waals surface area (Å²) >= 11 is 0. The molecule has 94 valence electrons. The predicted molar refractivity (Wildman–Crippen MR) is 65.6 cm³/mol. The average Bonchev–Trinajstić information content (AvgIpc) is 2.38. The van der Waals surface area contributed by atoms with Gasteiger partial charge in [0, 0.05) is 19.6 Å².